The molecule has 0 spiro atoms. The molecule has 0 N–H and O–H groups in total. The minimum absolute atomic E-state index is 0.234. The van der Waals surface area contributed by atoms with Crippen LogP contribution in [0.5, 0.6) is 0 Å². The van der Waals surface area contributed by atoms with E-state index in [1.54, 1.807) is 6.07 Å². The van der Waals surface area contributed by atoms with Crippen LogP contribution in [0.15, 0.2) is 23.1 Å². The molecule has 3 nitrogen and oxygen atoms in total. The standard InChI is InChI=1S/C10H7NO2S2/c1-3-9-11-10-7(14-9)5-4-6-8(10)15(2,12)13/h1,4-6H,2H3. The van der Waals surface area contributed by atoms with E-state index in [1.165, 1.54) is 17.4 Å². The quantitative estimate of drug-likeness (QED) is 0.709. The van der Waals surface area contributed by atoms with Crippen LogP contribution in [0.2, 0.25) is 0 Å². The third-order valence-electron chi connectivity index (χ3n) is 1.90. The van der Waals surface area contributed by atoms with Gasteiger partial charge in [0, 0.05) is 6.26 Å². The topological polar surface area (TPSA) is 47.0 Å². The molecule has 0 amide bonds. The zero-order valence-corrected chi connectivity index (χ0v) is 9.52. The first kappa shape index (κ1) is 10.1. The molecule has 0 unspecified atom stereocenters. The van der Waals surface area contributed by atoms with Crippen LogP contribution in [0.4, 0.5) is 0 Å². The van der Waals surface area contributed by atoms with Gasteiger partial charge in [-0.05, 0) is 18.1 Å². The fourth-order valence-corrected chi connectivity index (χ4v) is 2.98. The van der Waals surface area contributed by atoms with E-state index in [0.29, 0.717) is 10.5 Å². The summed E-state index contributed by atoms with van der Waals surface area (Å²) in [5, 5.41) is 0.501. The SMILES string of the molecule is C#Cc1nc2c(S(C)(=O)=O)cccc2s1. The molecule has 0 atom stereocenters. The van der Waals surface area contributed by atoms with Gasteiger partial charge in [0.25, 0.3) is 0 Å². The Balaban J connectivity index is 2.89. The lowest BCUT2D eigenvalue weighted by molar-refractivity contribution is 0.602. The molecule has 0 aliphatic heterocycles. The smallest absolute Gasteiger partial charge is 0.177 e. The van der Waals surface area contributed by atoms with Gasteiger partial charge in [-0.1, -0.05) is 6.07 Å². The summed E-state index contributed by atoms with van der Waals surface area (Å²) in [4.78, 5) is 4.33. The highest BCUT2D eigenvalue weighted by atomic mass is 32.2. The molecule has 0 saturated heterocycles. The van der Waals surface area contributed by atoms with E-state index in [4.69, 9.17) is 6.42 Å². The molecule has 0 radical (unpaired) electrons. The third kappa shape index (κ3) is 1.74. The largest absolute Gasteiger partial charge is 0.226 e. The number of benzene rings is 1. The van der Waals surface area contributed by atoms with Gasteiger partial charge in [-0.15, -0.1) is 17.8 Å². The van der Waals surface area contributed by atoms with E-state index < -0.39 is 9.84 Å². The molecule has 0 aliphatic rings. The van der Waals surface area contributed by atoms with E-state index in [-0.39, 0.29) is 4.90 Å². The Bertz CT molecular complexity index is 662. The molecule has 0 bridgehead atoms. The second-order valence-corrected chi connectivity index (χ2v) is 6.05. The second kappa shape index (κ2) is 3.33. The Labute approximate surface area is 91.7 Å². The van der Waals surface area contributed by atoms with Crippen molar-refractivity contribution >= 4 is 31.4 Å². The molecule has 1 aromatic carbocycles. The molecular formula is C10H7NO2S2. The van der Waals surface area contributed by atoms with Crippen LogP contribution in [0.3, 0.4) is 0 Å². The minimum Gasteiger partial charge on any atom is -0.226 e. The maximum atomic E-state index is 11.5. The first-order valence-electron chi connectivity index (χ1n) is 4.08. The summed E-state index contributed by atoms with van der Waals surface area (Å²) < 4.78 is 23.7. The monoisotopic (exact) mass is 237 g/mol. The fourth-order valence-electron chi connectivity index (χ4n) is 1.28. The van der Waals surface area contributed by atoms with Gasteiger partial charge in [0.05, 0.1) is 9.60 Å². The summed E-state index contributed by atoms with van der Waals surface area (Å²) in [6.07, 6.45) is 6.38. The first-order chi connectivity index (χ1) is 7.02. The predicted octanol–water partition coefficient (Wildman–Crippen LogP) is 1.68. The average Bonchev–Trinajstić information content (AvgIpc) is 2.57. The van der Waals surface area contributed by atoms with Crippen molar-refractivity contribution < 1.29 is 8.42 Å². The Morgan fingerprint density at radius 1 is 1.47 bits per heavy atom. The number of fused-ring (bicyclic) bond motifs is 1. The number of hydrogen-bond acceptors (Lipinski definition) is 4. The number of terminal acetylenes is 1. The van der Waals surface area contributed by atoms with Crippen molar-refractivity contribution in [3.63, 3.8) is 0 Å². The van der Waals surface area contributed by atoms with Crippen LogP contribution in [-0.4, -0.2) is 19.7 Å². The summed E-state index contributed by atoms with van der Waals surface area (Å²) in [5.74, 6) is 2.41. The Hall–Kier alpha value is -1.38. The van der Waals surface area contributed by atoms with Gasteiger partial charge >= 0.3 is 0 Å². The number of nitrogens with zero attached hydrogens (tertiary/aromatic N) is 1. The molecule has 15 heavy (non-hydrogen) atoms. The van der Waals surface area contributed by atoms with Gasteiger partial charge in [0.15, 0.2) is 14.8 Å². The third-order valence-corrected chi connectivity index (χ3v) is 3.99. The van der Waals surface area contributed by atoms with Crippen molar-refractivity contribution in [2.45, 2.75) is 4.90 Å². The maximum Gasteiger partial charge on any atom is 0.177 e. The van der Waals surface area contributed by atoms with Gasteiger partial charge in [-0.3, -0.25) is 0 Å². The lowest BCUT2D eigenvalue weighted by Gasteiger charge is -1.97. The summed E-state index contributed by atoms with van der Waals surface area (Å²) in [6, 6.07) is 5.04. The number of thiazole rings is 1. The zero-order valence-electron chi connectivity index (χ0n) is 7.89. The highest BCUT2D eigenvalue weighted by Gasteiger charge is 2.14. The normalized spacial score (nSPS) is 11.5. The molecule has 0 aliphatic carbocycles. The van der Waals surface area contributed by atoms with E-state index in [9.17, 15) is 8.42 Å². The molecule has 2 rings (SSSR count). The first-order valence-corrected chi connectivity index (χ1v) is 6.79. The van der Waals surface area contributed by atoms with Crippen molar-refractivity contribution in [2.24, 2.45) is 0 Å². The molecule has 0 fully saturated rings. The zero-order chi connectivity index (χ0) is 11.1. The summed E-state index contributed by atoms with van der Waals surface area (Å²) in [7, 11) is -3.25. The molecule has 5 heteroatoms. The van der Waals surface area contributed by atoms with Gasteiger partial charge < -0.3 is 0 Å². The fraction of sp³-hybridized carbons (Fsp3) is 0.100. The van der Waals surface area contributed by atoms with Crippen molar-refractivity contribution in [2.75, 3.05) is 6.26 Å². The molecule has 1 heterocycles. The summed E-state index contributed by atoms with van der Waals surface area (Å²) >= 11 is 1.32. The van der Waals surface area contributed by atoms with E-state index in [1.807, 2.05) is 6.07 Å². The van der Waals surface area contributed by atoms with Crippen LogP contribution < -0.4 is 0 Å². The van der Waals surface area contributed by atoms with Crippen molar-refractivity contribution in [1.82, 2.24) is 4.98 Å². The van der Waals surface area contributed by atoms with Gasteiger partial charge in [-0.2, -0.15) is 0 Å². The van der Waals surface area contributed by atoms with E-state index in [0.717, 1.165) is 11.0 Å². The number of sulfone groups is 1. The molecule has 1 aromatic heterocycles. The van der Waals surface area contributed by atoms with E-state index >= 15 is 0 Å². The van der Waals surface area contributed by atoms with Gasteiger partial charge in [0.1, 0.15) is 5.52 Å². The predicted molar refractivity (Wildman–Crippen MR) is 60.7 cm³/mol. The maximum absolute atomic E-state index is 11.5. The number of rotatable bonds is 1. The van der Waals surface area contributed by atoms with Crippen LogP contribution in [-0.2, 0) is 9.84 Å². The number of aromatic nitrogens is 1. The second-order valence-electron chi connectivity index (χ2n) is 3.04. The van der Waals surface area contributed by atoms with Crippen molar-refractivity contribution in [3.05, 3.63) is 23.2 Å². The van der Waals surface area contributed by atoms with E-state index in [2.05, 4.69) is 10.9 Å². The average molecular weight is 237 g/mol. The number of para-hydroxylation sites is 1. The van der Waals surface area contributed by atoms with Crippen LogP contribution in [0.1, 0.15) is 5.01 Å². The summed E-state index contributed by atoms with van der Waals surface area (Å²) in [5.41, 5.74) is 0.470. The highest BCUT2D eigenvalue weighted by molar-refractivity contribution is 7.91. The Morgan fingerprint density at radius 2 is 2.20 bits per heavy atom. The van der Waals surface area contributed by atoms with Crippen LogP contribution >= 0.6 is 11.3 Å². The van der Waals surface area contributed by atoms with Gasteiger partial charge in [-0.25, -0.2) is 13.4 Å². The number of hydrogen-bond donors (Lipinski definition) is 0. The highest BCUT2D eigenvalue weighted by Crippen LogP contribution is 2.27. The van der Waals surface area contributed by atoms with Crippen molar-refractivity contribution in [3.8, 4) is 12.3 Å². The molecular weight excluding hydrogens is 230 g/mol. The lowest BCUT2D eigenvalue weighted by atomic mass is 10.3. The van der Waals surface area contributed by atoms with Crippen LogP contribution in [0.25, 0.3) is 10.2 Å². The van der Waals surface area contributed by atoms with Crippen LogP contribution in [0, 0.1) is 12.3 Å². The molecule has 2 aromatic rings. The van der Waals surface area contributed by atoms with Crippen molar-refractivity contribution in [1.29, 1.82) is 0 Å². The lowest BCUT2D eigenvalue weighted by Crippen LogP contribution is -1.97. The Kier molecular flexibility index (Phi) is 2.25. The molecule has 76 valence electrons. The Morgan fingerprint density at radius 3 is 2.80 bits per heavy atom. The molecule has 0 saturated carbocycles. The minimum atomic E-state index is -3.25. The van der Waals surface area contributed by atoms with Gasteiger partial charge in [0.2, 0.25) is 0 Å². The summed E-state index contributed by atoms with van der Waals surface area (Å²) in [6.45, 7) is 0.